The number of fused-ring (bicyclic) bond motifs is 1. The molecule has 0 aromatic heterocycles. The molecule has 1 fully saturated rings. The second kappa shape index (κ2) is 16.6. The average molecular weight is 660 g/mol. The van der Waals surface area contributed by atoms with Gasteiger partial charge in [-0.1, -0.05) is 74.6 Å². The number of piperidine rings is 1. The molecule has 2 N–H and O–H groups in total. The van der Waals surface area contributed by atoms with Crippen molar-refractivity contribution in [1.82, 2.24) is 19.6 Å². The zero-order valence-corrected chi connectivity index (χ0v) is 30.4. The zero-order chi connectivity index (χ0) is 35.0. The number of alkyl halides is 2. The van der Waals surface area contributed by atoms with Gasteiger partial charge in [0, 0.05) is 62.8 Å². The molecule has 48 heavy (non-hydrogen) atoms. The first kappa shape index (κ1) is 37.1. The van der Waals surface area contributed by atoms with Crippen molar-refractivity contribution < 1.29 is 8.78 Å². The van der Waals surface area contributed by atoms with E-state index in [0.29, 0.717) is 31.2 Å². The van der Waals surface area contributed by atoms with Gasteiger partial charge in [-0.15, -0.1) is 0 Å². The van der Waals surface area contributed by atoms with E-state index in [0.717, 1.165) is 73.6 Å². The fraction of sp³-hybridized carbons (Fsp3) is 0.512. The predicted molar refractivity (Wildman–Crippen MR) is 198 cm³/mol. The first-order valence-electron chi connectivity index (χ1n) is 18.0. The molecular weight excluding hydrogens is 600 g/mol. The Balaban J connectivity index is 1.75. The van der Waals surface area contributed by atoms with E-state index >= 15 is 0 Å². The number of likely N-dealkylation sites (N-methyl/N-ethyl adjacent to an activating group) is 1. The summed E-state index contributed by atoms with van der Waals surface area (Å²) < 4.78 is 28.8. The fourth-order valence-corrected chi connectivity index (χ4v) is 7.14. The molecule has 262 valence electrons. The topological polar surface area (TPSA) is 39.0 Å². The van der Waals surface area contributed by atoms with Crippen LogP contribution >= 0.6 is 0 Å². The molecule has 2 atom stereocenters. The second-order valence-electron chi connectivity index (χ2n) is 13.7. The number of hydrogen-bond acceptors (Lipinski definition) is 5. The van der Waals surface area contributed by atoms with Crippen LogP contribution in [0.4, 0.5) is 8.78 Å². The highest BCUT2D eigenvalue weighted by molar-refractivity contribution is 5.47. The van der Waals surface area contributed by atoms with Gasteiger partial charge in [0.1, 0.15) is 0 Å². The van der Waals surface area contributed by atoms with Crippen LogP contribution in [0, 0.1) is 5.92 Å². The van der Waals surface area contributed by atoms with Crippen molar-refractivity contribution in [2.24, 2.45) is 11.7 Å². The van der Waals surface area contributed by atoms with Crippen LogP contribution in [-0.2, 0) is 0 Å². The standard InChI is InChI=1S/C41H59F2N5/c1-9-14-30(4)26-35(15-10-2)33(7)48-23-13-12-16-38(48)34(8)47(11-3)40-29-46-28-36(19-18-32(6)44)31(5)17-20-37(46)27-39(40)45-24-21-41(42,43)22-25-45/h10,14-16,20,26-29,31,33H,6,8-9,11-13,17-19,21-25,44H2,1-5,7H3/b15-10-,30-14+,35-26+. The number of likely N-dealkylation sites (tertiary alicyclic amines) is 1. The number of allylic oxidation sites excluding steroid dienone is 9. The summed E-state index contributed by atoms with van der Waals surface area (Å²) in [5, 5.41) is 0. The summed E-state index contributed by atoms with van der Waals surface area (Å²) >= 11 is 0. The Morgan fingerprint density at radius 3 is 2.52 bits per heavy atom. The summed E-state index contributed by atoms with van der Waals surface area (Å²) in [6.45, 7) is 24.0. The van der Waals surface area contributed by atoms with Crippen LogP contribution in [0.25, 0.3) is 0 Å². The lowest BCUT2D eigenvalue weighted by Gasteiger charge is -2.44. The summed E-state index contributed by atoms with van der Waals surface area (Å²) in [5.74, 6) is -2.26. The minimum atomic E-state index is -2.62. The predicted octanol–water partition coefficient (Wildman–Crippen LogP) is 9.88. The molecule has 0 spiro atoms. The summed E-state index contributed by atoms with van der Waals surface area (Å²) in [6, 6.07) is 0.146. The number of halogens is 2. The van der Waals surface area contributed by atoms with E-state index in [1.54, 1.807) is 0 Å². The van der Waals surface area contributed by atoms with E-state index in [2.05, 4.69) is 123 Å². The molecule has 0 aromatic carbocycles. The van der Waals surface area contributed by atoms with Gasteiger partial charge in [-0.2, -0.15) is 0 Å². The molecule has 0 aromatic rings. The van der Waals surface area contributed by atoms with E-state index in [1.165, 1.54) is 16.7 Å². The number of hydrogen-bond donors (Lipinski definition) is 1. The molecule has 2 unspecified atom stereocenters. The van der Waals surface area contributed by atoms with E-state index in [-0.39, 0.29) is 18.9 Å². The molecule has 4 aliphatic heterocycles. The van der Waals surface area contributed by atoms with Crippen LogP contribution in [0.2, 0.25) is 0 Å². The maximum Gasteiger partial charge on any atom is 0.251 e. The van der Waals surface area contributed by atoms with Gasteiger partial charge in [-0.25, -0.2) is 8.78 Å². The average Bonchev–Trinajstić information content (AvgIpc) is 3.21. The molecule has 0 aliphatic carbocycles. The highest BCUT2D eigenvalue weighted by atomic mass is 19.3. The Bertz CT molecular complexity index is 1440. The number of nitrogens with two attached hydrogens (primary N) is 1. The highest BCUT2D eigenvalue weighted by Gasteiger charge is 2.37. The normalized spacial score (nSPS) is 22.6. The molecular formula is C41H59F2N5. The molecule has 0 amide bonds. The molecule has 1 saturated heterocycles. The van der Waals surface area contributed by atoms with Crippen LogP contribution in [0.15, 0.2) is 119 Å². The monoisotopic (exact) mass is 659 g/mol. The number of rotatable bonds is 13. The summed E-state index contributed by atoms with van der Waals surface area (Å²) in [7, 11) is 0. The van der Waals surface area contributed by atoms with Crippen LogP contribution in [0.1, 0.15) is 92.9 Å². The Hall–Kier alpha value is -3.74. The summed E-state index contributed by atoms with van der Waals surface area (Å²) in [6.07, 6.45) is 25.5. The Labute approximate surface area is 289 Å². The van der Waals surface area contributed by atoms with Gasteiger partial charge >= 0.3 is 0 Å². The maximum absolute atomic E-state index is 14.4. The lowest BCUT2D eigenvalue weighted by molar-refractivity contribution is -0.0490. The highest BCUT2D eigenvalue weighted by Crippen LogP contribution is 2.40. The van der Waals surface area contributed by atoms with Crippen molar-refractivity contribution in [3.8, 4) is 0 Å². The van der Waals surface area contributed by atoms with Crippen molar-refractivity contribution in [3.63, 3.8) is 0 Å². The third kappa shape index (κ3) is 9.03. The Kier molecular flexibility index (Phi) is 12.8. The van der Waals surface area contributed by atoms with Gasteiger partial charge in [0.15, 0.2) is 0 Å². The minimum absolute atomic E-state index is 0.139. The lowest BCUT2D eigenvalue weighted by atomic mass is 9.94. The third-order valence-electron chi connectivity index (χ3n) is 10.0. The van der Waals surface area contributed by atoms with Gasteiger partial charge in [-0.3, -0.25) is 0 Å². The molecule has 0 saturated carbocycles. The van der Waals surface area contributed by atoms with Gasteiger partial charge in [-0.05, 0) is 83.8 Å². The maximum atomic E-state index is 14.4. The number of nitrogens with zero attached hydrogens (tertiary/aromatic N) is 4. The zero-order valence-electron chi connectivity index (χ0n) is 30.4. The Morgan fingerprint density at radius 1 is 1.15 bits per heavy atom. The quantitative estimate of drug-likeness (QED) is 0.199. The molecule has 0 radical (unpaired) electrons. The molecule has 7 heteroatoms. The van der Waals surface area contributed by atoms with Crippen LogP contribution in [-0.4, -0.2) is 57.7 Å². The van der Waals surface area contributed by atoms with Crippen LogP contribution in [0.5, 0.6) is 0 Å². The Morgan fingerprint density at radius 2 is 1.88 bits per heavy atom. The lowest BCUT2D eigenvalue weighted by Crippen LogP contribution is -2.43. The molecule has 4 aliphatic rings. The largest absolute Gasteiger partial charge is 0.403 e. The van der Waals surface area contributed by atoms with Crippen molar-refractivity contribution in [1.29, 1.82) is 0 Å². The van der Waals surface area contributed by atoms with Gasteiger partial charge in [0.05, 0.1) is 28.8 Å². The SMILES string of the molecule is C=C(N)CCC1=CN2C=C(N(CC)C(=C)C3=CCCCN3C(C)C(/C=C\C)=C/C(C)=C/CC)C(N3CCC(F)(F)CC3)=CC2=CCC1C. The molecule has 5 nitrogen and oxygen atoms in total. The van der Waals surface area contributed by atoms with Crippen LogP contribution < -0.4 is 5.73 Å². The van der Waals surface area contributed by atoms with Crippen LogP contribution in [0.3, 0.4) is 0 Å². The van der Waals surface area contributed by atoms with Crippen molar-refractivity contribution in [3.05, 3.63) is 119 Å². The second-order valence-corrected chi connectivity index (χ2v) is 13.7. The summed E-state index contributed by atoms with van der Waals surface area (Å²) in [4.78, 5) is 9.15. The van der Waals surface area contributed by atoms with Gasteiger partial charge < -0.3 is 25.3 Å². The van der Waals surface area contributed by atoms with E-state index in [9.17, 15) is 8.78 Å². The molecule has 4 rings (SSSR count). The van der Waals surface area contributed by atoms with Gasteiger partial charge in [0.25, 0.3) is 5.92 Å². The smallest absolute Gasteiger partial charge is 0.251 e. The fourth-order valence-electron chi connectivity index (χ4n) is 7.14. The van der Waals surface area contributed by atoms with Crippen molar-refractivity contribution >= 4 is 0 Å². The van der Waals surface area contributed by atoms with Gasteiger partial charge in [0.2, 0.25) is 0 Å². The minimum Gasteiger partial charge on any atom is -0.403 e. The third-order valence-corrected chi connectivity index (χ3v) is 10.0. The molecule has 0 bridgehead atoms. The first-order valence-corrected chi connectivity index (χ1v) is 18.0. The van der Waals surface area contributed by atoms with Crippen molar-refractivity contribution in [2.45, 2.75) is 105 Å². The summed E-state index contributed by atoms with van der Waals surface area (Å²) in [5.41, 5.74) is 15.6. The first-order chi connectivity index (χ1) is 22.9. The van der Waals surface area contributed by atoms with Crippen molar-refractivity contribution in [2.75, 3.05) is 26.2 Å². The van der Waals surface area contributed by atoms with E-state index in [1.807, 2.05) is 0 Å². The molecule has 4 heterocycles. The van der Waals surface area contributed by atoms with E-state index in [4.69, 9.17) is 12.3 Å². The van der Waals surface area contributed by atoms with E-state index < -0.39 is 5.92 Å².